The lowest BCUT2D eigenvalue weighted by Crippen LogP contribution is -2.36. The minimum atomic E-state index is -1.62. The van der Waals surface area contributed by atoms with Gasteiger partial charge in [-0.3, -0.25) is 4.79 Å². The third kappa shape index (κ3) is 2.14. The van der Waals surface area contributed by atoms with Gasteiger partial charge in [0.15, 0.2) is 11.4 Å². The zero-order chi connectivity index (χ0) is 8.20. The number of carbonyl (C=O) groups is 1. The lowest BCUT2D eigenvalue weighted by atomic mass is 10.0. The smallest absolute Gasteiger partial charge is 0.169 e. The van der Waals surface area contributed by atoms with Crippen molar-refractivity contribution in [1.29, 1.82) is 0 Å². The molecule has 1 atom stereocenters. The van der Waals surface area contributed by atoms with Gasteiger partial charge in [-0.1, -0.05) is 12.1 Å². The van der Waals surface area contributed by atoms with Gasteiger partial charge in [0.25, 0.3) is 0 Å². The Kier molecular flexibility index (Phi) is 3.02. The Bertz CT molecular complexity index is 151. The van der Waals surface area contributed by atoms with E-state index in [9.17, 15) is 4.79 Å². The van der Waals surface area contributed by atoms with Crippen LogP contribution in [-0.4, -0.2) is 27.9 Å². The van der Waals surface area contributed by atoms with Crippen molar-refractivity contribution >= 4 is 12.0 Å². The molecule has 0 aromatic heterocycles. The number of aliphatic hydroxyl groups is 1. The van der Waals surface area contributed by atoms with Crippen molar-refractivity contribution in [3.63, 3.8) is 0 Å². The third-order valence-electron chi connectivity index (χ3n) is 1.19. The molecular weight excluding hydrogens is 134 g/mol. The quantitative estimate of drug-likeness (QED) is 0.338. The lowest BCUT2D eigenvalue weighted by molar-refractivity contribution is -0.129. The standard InChI is InChI=1S/C6H11NO3/c1-3-5(8)6(2,9)4-7-10/h4,9-10H,3H2,1-2H3. The van der Waals surface area contributed by atoms with Gasteiger partial charge in [0.05, 0.1) is 6.21 Å². The normalized spacial score (nSPS) is 17.1. The van der Waals surface area contributed by atoms with Crippen molar-refractivity contribution < 1.29 is 15.1 Å². The van der Waals surface area contributed by atoms with Gasteiger partial charge in [-0.2, -0.15) is 0 Å². The van der Waals surface area contributed by atoms with Crippen molar-refractivity contribution in [3.8, 4) is 0 Å². The Hall–Kier alpha value is -0.900. The molecule has 4 nitrogen and oxygen atoms in total. The van der Waals surface area contributed by atoms with E-state index in [2.05, 4.69) is 5.16 Å². The van der Waals surface area contributed by atoms with Gasteiger partial charge < -0.3 is 10.3 Å². The second-order valence-electron chi connectivity index (χ2n) is 2.17. The van der Waals surface area contributed by atoms with E-state index < -0.39 is 5.60 Å². The fourth-order valence-corrected chi connectivity index (χ4v) is 0.542. The predicted molar refractivity (Wildman–Crippen MR) is 36.2 cm³/mol. The van der Waals surface area contributed by atoms with Crippen molar-refractivity contribution in [2.75, 3.05) is 0 Å². The molecule has 0 saturated carbocycles. The summed E-state index contributed by atoms with van der Waals surface area (Å²) in [7, 11) is 0. The topological polar surface area (TPSA) is 69.9 Å². The number of rotatable bonds is 3. The second kappa shape index (κ2) is 3.31. The molecule has 0 fully saturated rings. The average Bonchev–Trinajstić information content (AvgIpc) is 1.86. The van der Waals surface area contributed by atoms with Crippen molar-refractivity contribution in [2.24, 2.45) is 5.16 Å². The van der Waals surface area contributed by atoms with Crippen LogP contribution in [-0.2, 0) is 4.79 Å². The van der Waals surface area contributed by atoms with Crippen LogP contribution in [0.1, 0.15) is 20.3 Å². The molecule has 0 spiro atoms. The molecule has 0 aromatic carbocycles. The zero-order valence-electron chi connectivity index (χ0n) is 6.03. The molecule has 0 saturated heterocycles. The Labute approximate surface area is 59.2 Å². The van der Waals surface area contributed by atoms with E-state index in [1.807, 2.05) is 0 Å². The van der Waals surface area contributed by atoms with Gasteiger partial charge in [-0.15, -0.1) is 0 Å². The average molecular weight is 145 g/mol. The van der Waals surface area contributed by atoms with Gasteiger partial charge in [0.2, 0.25) is 0 Å². The van der Waals surface area contributed by atoms with Gasteiger partial charge in [0, 0.05) is 6.42 Å². The molecule has 2 N–H and O–H groups in total. The maximum atomic E-state index is 10.8. The highest BCUT2D eigenvalue weighted by Crippen LogP contribution is 2.03. The summed E-state index contributed by atoms with van der Waals surface area (Å²) in [6.45, 7) is 2.90. The third-order valence-corrected chi connectivity index (χ3v) is 1.19. The molecule has 0 amide bonds. The SMILES string of the molecule is CCC(=O)C(C)(O)C=NO. The monoisotopic (exact) mass is 145 g/mol. The molecule has 0 aliphatic heterocycles. The molecule has 10 heavy (non-hydrogen) atoms. The Balaban J connectivity index is 4.24. The summed E-state index contributed by atoms with van der Waals surface area (Å²) in [5.74, 6) is -0.370. The van der Waals surface area contributed by atoms with Crippen molar-refractivity contribution in [1.82, 2.24) is 0 Å². The number of hydrogen-bond acceptors (Lipinski definition) is 4. The molecule has 0 heterocycles. The van der Waals surface area contributed by atoms with E-state index in [4.69, 9.17) is 10.3 Å². The molecule has 1 unspecified atom stereocenters. The second-order valence-corrected chi connectivity index (χ2v) is 2.17. The first-order valence-corrected chi connectivity index (χ1v) is 2.99. The maximum Gasteiger partial charge on any atom is 0.169 e. The van der Waals surface area contributed by atoms with E-state index in [0.29, 0.717) is 0 Å². The number of Topliss-reactive ketones (excluding diaryl/α,β-unsaturated/α-hetero) is 1. The number of carbonyl (C=O) groups excluding carboxylic acids is 1. The molecule has 0 aliphatic rings. The van der Waals surface area contributed by atoms with Crippen LogP contribution in [0.3, 0.4) is 0 Å². The number of ketones is 1. The van der Waals surface area contributed by atoms with Crippen LogP contribution in [0, 0.1) is 0 Å². The zero-order valence-corrected chi connectivity index (χ0v) is 6.03. The molecule has 0 rings (SSSR count). The summed E-state index contributed by atoms with van der Waals surface area (Å²) in [6.07, 6.45) is 1.03. The summed E-state index contributed by atoms with van der Waals surface area (Å²) in [6, 6.07) is 0. The number of nitrogens with zero attached hydrogens (tertiary/aromatic N) is 1. The molecule has 0 bridgehead atoms. The predicted octanol–water partition coefficient (Wildman–Crippen LogP) is 0.176. The van der Waals surface area contributed by atoms with Gasteiger partial charge in [0.1, 0.15) is 0 Å². The van der Waals surface area contributed by atoms with E-state index in [-0.39, 0.29) is 12.2 Å². The highest BCUT2D eigenvalue weighted by molar-refractivity contribution is 6.01. The molecule has 4 heteroatoms. The summed E-state index contributed by atoms with van der Waals surface area (Å²) in [5.41, 5.74) is -1.62. The minimum absolute atomic E-state index is 0.221. The maximum absolute atomic E-state index is 10.8. The Morgan fingerprint density at radius 2 is 2.30 bits per heavy atom. The van der Waals surface area contributed by atoms with Crippen molar-refractivity contribution in [2.45, 2.75) is 25.9 Å². The summed E-state index contributed by atoms with van der Waals surface area (Å²) >= 11 is 0. The first kappa shape index (κ1) is 9.10. The largest absolute Gasteiger partial charge is 0.411 e. The summed E-state index contributed by atoms with van der Waals surface area (Å²) in [4.78, 5) is 10.8. The molecule has 0 radical (unpaired) electrons. The van der Waals surface area contributed by atoms with Gasteiger partial charge >= 0.3 is 0 Å². The van der Waals surface area contributed by atoms with Crippen LogP contribution >= 0.6 is 0 Å². The van der Waals surface area contributed by atoms with Crippen LogP contribution in [0.15, 0.2) is 5.16 Å². The first-order valence-electron chi connectivity index (χ1n) is 2.99. The minimum Gasteiger partial charge on any atom is -0.411 e. The van der Waals surface area contributed by atoms with E-state index in [0.717, 1.165) is 6.21 Å². The van der Waals surface area contributed by atoms with Gasteiger partial charge in [-0.05, 0) is 6.92 Å². The number of oxime groups is 1. The Morgan fingerprint density at radius 1 is 1.80 bits per heavy atom. The van der Waals surface area contributed by atoms with Crippen molar-refractivity contribution in [3.05, 3.63) is 0 Å². The molecule has 58 valence electrons. The van der Waals surface area contributed by atoms with E-state index >= 15 is 0 Å². The number of hydrogen-bond donors (Lipinski definition) is 2. The summed E-state index contributed by atoms with van der Waals surface area (Å²) < 4.78 is 0. The van der Waals surface area contributed by atoms with Crippen LogP contribution in [0.5, 0.6) is 0 Å². The van der Waals surface area contributed by atoms with Crippen LogP contribution in [0.25, 0.3) is 0 Å². The highest BCUT2D eigenvalue weighted by atomic mass is 16.4. The molecular formula is C6H11NO3. The van der Waals surface area contributed by atoms with E-state index in [1.165, 1.54) is 6.92 Å². The molecule has 0 aromatic rings. The van der Waals surface area contributed by atoms with Gasteiger partial charge in [-0.25, -0.2) is 0 Å². The Morgan fingerprint density at radius 3 is 2.60 bits per heavy atom. The van der Waals surface area contributed by atoms with Crippen LogP contribution < -0.4 is 0 Å². The van der Waals surface area contributed by atoms with Crippen LogP contribution in [0.4, 0.5) is 0 Å². The first-order chi connectivity index (χ1) is 4.54. The van der Waals surface area contributed by atoms with Crippen LogP contribution in [0.2, 0.25) is 0 Å². The molecule has 0 aliphatic carbocycles. The highest BCUT2D eigenvalue weighted by Gasteiger charge is 2.25. The fourth-order valence-electron chi connectivity index (χ4n) is 0.542. The lowest BCUT2D eigenvalue weighted by Gasteiger charge is -2.13. The summed E-state index contributed by atoms with van der Waals surface area (Å²) in [5, 5.41) is 19.7. The van der Waals surface area contributed by atoms with E-state index in [1.54, 1.807) is 6.92 Å². The fraction of sp³-hybridized carbons (Fsp3) is 0.667.